The molecule has 1 aliphatic heterocycles. The number of hydrogen-bond acceptors (Lipinski definition) is 4. The Morgan fingerprint density at radius 1 is 1.16 bits per heavy atom. The van der Waals surface area contributed by atoms with E-state index in [9.17, 15) is 9.59 Å². The number of carbonyl (C=O) groups excluding carboxylic acids is 2. The van der Waals surface area contributed by atoms with Gasteiger partial charge in [0.25, 0.3) is 5.91 Å². The third-order valence-electron chi connectivity index (χ3n) is 6.04. The molecule has 3 aromatic rings. The summed E-state index contributed by atoms with van der Waals surface area (Å²) < 4.78 is 5.72. The van der Waals surface area contributed by atoms with Crippen LogP contribution in [-0.2, 0) is 24.3 Å². The van der Waals surface area contributed by atoms with Gasteiger partial charge in [-0.1, -0.05) is 30.3 Å². The van der Waals surface area contributed by atoms with Crippen molar-refractivity contribution in [3.8, 4) is 0 Å². The second-order valence-corrected chi connectivity index (χ2v) is 8.25. The summed E-state index contributed by atoms with van der Waals surface area (Å²) in [6, 6.07) is 18.0. The zero-order valence-corrected chi connectivity index (χ0v) is 18.8. The molecule has 0 spiro atoms. The van der Waals surface area contributed by atoms with E-state index in [1.807, 2.05) is 37.3 Å². The van der Waals surface area contributed by atoms with Crippen LogP contribution >= 0.6 is 0 Å². The lowest BCUT2D eigenvalue weighted by Crippen LogP contribution is -2.29. The summed E-state index contributed by atoms with van der Waals surface area (Å²) in [6.07, 6.45) is 2.56. The van der Waals surface area contributed by atoms with E-state index in [1.54, 1.807) is 24.2 Å². The van der Waals surface area contributed by atoms with E-state index in [2.05, 4.69) is 35.3 Å². The maximum absolute atomic E-state index is 13.0. The molecule has 6 heteroatoms. The second kappa shape index (κ2) is 9.30. The second-order valence-electron chi connectivity index (χ2n) is 8.25. The van der Waals surface area contributed by atoms with Crippen molar-refractivity contribution in [3.63, 3.8) is 0 Å². The molecule has 0 radical (unpaired) electrons. The van der Waals surface area contributed by atoms with Crippen LogP contribution in [0.2, 0.25) is 0 Å². The summed E-state index contributed by atoms with van der Waals surface area (Å²) in [5.41, 5.74) is 4.71. The average molecular weight is 432 g/mol. The Morgan fingerprint density at radius 3 is 2.75 bits per heavy atom. The van der Waals surface area contributed by atoms with Gasteiger partial charge in [-0.25, -0.2) is 0 Å². The molecule has 2 aromatic carbocycles. The fourth-order valence-electron chi connectivity index (χ4n) is 4.30. The molecular formula is C26H29N3O3. The maximum Gasteiger partial charge on any atom is 0.259 e. The van der Waals surface area contributed by atoms with Crippen molar-refractivity contribution in [3.05, 3.63) is 83.3 Å². The number of benzene rings is 2. The minimum atomic E-state index is -0.204. The van der Waals surface area contributed by atoms with Crippen molar-refractivity contribution in [1.29, 1.82) is 0 Å². The molecular weight excluding hydrogens is 402 g/mol. The van der Waals surface area contributed by atoms with Gasteiger partial charge in [0.15, 0.2) is 0 Å². The molecule has 2 amide bonds. The summed E-state index contributed by atoms with van der Waals surface area (Å²) in [5, 5.41) is 2.98. The zero-order valence-electron chi connectivity index (χ0n) is 18.8. The number of carbonyl (C=O) groups is 2. The van der Waals surface area contributed by atoms with Crippen molar-refractivity contribution in [1.82, 2.24) is 4.90 Å². The zero-order chi connectivity index (χ0) is 22.7. The first-order valence-electron chi connectivity index (χ1n) is 11.0. The number of nitrogens with zero attached hydrogens (tertiary/aromatic N) is 2. The largest absolute Gasteiger partial charge is 0.467 e. The van der Waals surface area contributed by atoms with Crippen LogP contribution in [0.5, 0.6) is 0 Å². The number of fused-ring (bicyclic) bond motifs is 1. The first kappa shape index (κ1) is 21.7. The highest BCUT2D eigenvalue weighted by Crippen LogP contribution is 2.33. The van der Waals surface area contributed by atoms with Crippen molar-refractivity contribution < 1.29 is 14.0 Å². The summed E-state index contributed by atoms with van der Waals surface area (Å²) in [7, 11) is 0. The van der Waals surface area contributed by atoms with E-state index in [-0.39, 0.29) is 11.8 Å². The summed E-state index contributed by atoms with van der Waals surface area (Å²) in [4.78, 5) is 28.8. The van der Waals surface area contributed by atoms with Gasteiger partial charge in [-0.05, 0) is 55.7 Å². The average Bonchev–Trinajstić information content (AvgIpc) is 3.37. The first-order valence-corrected chi connectivity index (χ1v) is 11.0. The lowest BCUT2D eigenvalue weighted by molar-refractivity contribution is -0.129. The van der Waals surface area contributed by atoms with Gasteiger partial charge in [0, 0.05) is 37.4 Å². The Bertz CT molecular complexity index is 1120. The topological polar surface area (TPSA) is 65.8 Å². The van der Waals surface area contributed by atoms with Crippen LogP contribution in [0.15, 0.2) is 65.3 Å². The fraction of sp³-hybridized carbons (Fsp3) is 0.308. The Balaban J connectivity index is 1.48. The van der Waals surface area contributed by atoms with Gasteiger partial charge in [-0.3, -0.25) is 9.59 Å². The molecule has 1 unspecified atom stereocenters. The Morgan fingerprint density at radius 2 is 1.97 bits per heavy atom. The fourth-order valence-corrected chi connectivity index (χ4v) is 4.30. The monoisotopic (exact) mass is 431 g/mol. The van der Waals surface area contributed by atoms with Crippen LogP contribution in [0.3, 0.4) is 0 Å². The molecule has 0 saturated carbocycles. The molecule has 166 valence electrons. The van der Waals surface area contributed by atoms with Crippen LogP contribution in [0.4, 0.5) is 11.4 Å². The number of para-hydroxylation sites is 1. The summed E-state index contributed by atoms with van der Waals surface area (Å²) >= 11 is 0. The number of anilines is 2. The van der Waals surface area contributed by atoms with Crippen molar-refractivity contribution in [2.45, 2.75) is 46.3 Å². The lowest BCUT2D eigenvalue weighted by atomic mass is 10.1. The van der Waals surface area contributed by atoms with Gasteiger partial charge in [0.1, 0.15) is 5.76 Å². The summed E-state index contributed by atoms with van der Waals surface area (Å²) in [5.74, 6) is 0.476. The normalized spacial score (nSPS) is 14.8. The molecule has 1 atom stereocenters. The molecule has 1 N–H and O–H groups in total. The molecule has 0 fully saturated rings. The summed E-state index contributed by atoms with van der Waals surface area (Å²) in [6.45, 7) is 7.40. The minimum absolute atomic E-state index is 0.0303. The van der Waals surface area contributed by atoms with Crippen LogP contribution in [0.25, 0.3) is 0 Å². The lowest BCUT2D eigenvalue weighted by Gasteiger charge is -2.24. The quantitative estimate of drug-likeness (QED) is 0.581. The van der Waals surface area contributed by atoms with Crippen LogP contribution < -0.4 is 10.2 Å². The molecule has 6 nitrogen and oxygen atoms in total. The Kier molecular flexibility index (Phi) is 6.30. The van der Waals surface area contributed by atoms with Crippen LogP contribution in [-0.4, -0.2) is 29.3 Å². The highest BCUT2D eigenvalue weighted by molar-refractivity contribution is 6.05. The number of rotatable bonds is 7. The predicted molar refractivity (Wildman–Crippen MR) is 126 cm³/mol. The Labute approximate surface area is 188 Å². The van der Waals surface area contributed by atoms with Gasteiger partial charge in [-0.15, -0.1) is 0 Å². The Hall–Kier alpha value is -3.54. The molecule has 0 aliphatic carbocycles. The maximum atomic E-state index is 13.0. The van der Waals surface area contributed by atoms with Crippen LogP contribution in [0, 0.1) is 0 Å². The smallest absolute Gasteiger partial charge is 0.259 e. The van der Waals surface area contributed by atoms with Gasteiger partial charge in [-0.2, -0.15) is 0 Å². The number of nitrogens with one attached hydrogen (secondary N) is 1. The van der Waals surface area contributed by atoms with E-state index in [0.29, 0.717) is 42.7 Å². The van der Waals surface area contributed by atoms with Gasteiger partial charge in [0.05, 0.1) is 18.4 Å². The number of furan rings is 1. The van der Waals surface area contributed by atoms with Gasteiger partial charge in [0.2, 0.25) is 5.91 Å². The van der Waals surface area contributed by atoms with Crippen molar-refractivity contribution in [2.24, 2.45) is 0 Å². The number of hydrogen-bond donors (Lipinski definition) is 1. The highest BCUT2D eigenvalue weighted by Gasteiger charge is 2.28. The molecule has 0 bridgehead atoms. The van der Waals surface area contributed by atoms with E-state index >= 15 is 0 Å². The third-order valence-corrected chi connectivity index (χ3v) is 6.04. The van der Waals surface area contributed by atoms with E-state index in [1.165, 1.54) is 11.3 Å². The van der Waals surface area contributed by atoms with Crippen molar-refractivity contribution in [2.75, 3.05) is 16.8 Å². The van der Waals surface area contributed by atoms with Crippen molar-refractivity contribution >= 4 is 23.2 Å². The standard InChI is InChI=1S/C26H29N3O3/c1-4-28(19(3)30)16-20-8-7-10-22(15-20)27-26(31)23-12-13-32-25(23)17-29-18(2)14-21-9-5-6-11-24(21)29/h5-13,15,18H,4,14,16-17H2,1-3H3,(H,27,31). The van der Waals surface area contributed by atoms with Gasteiger partial charge < -0.3 is 19.5 Å². The highest BCUT2D eigenvalue weighted by atomic mass is 16.3. The molecule has 1 aromatic heterocycles. The first-order chi connectivity index (χ1) is 15.5. The third kappa shape index (κ3) is 4.54. The van der Waals surface area contributed by atoms with E-state index < -0.39 is 0 Å². The molecule has 32 heavy (non-hydrogen) atoms. The van der Waals surface area contributed by atoms with Gasteiger partial charge >= 0.3 is 0 Å². The molecule has 4 rings (SSSR count). The predicted octanol–water partition coefficient (Wildman–Crippen LogP) is 4.85. The molecule has 0 saturated heterocycles. The minimum Gasteiger partial charge on any atom is -0.467 e. The number of amides is 2. The molecule has 1 aliphatic rings. The van der Waals surface area contributed by atoms with E-state index in [0.717, 1.165) is 12.0 Å². The SMILES string of the molecule is CCN(Cc1cccc(NC(=O)c2ccoc2CN2c3ccccc3CC2C)c1)C(C)=O. The molecule has 2 heterocycles. The van der Waals surface area contributed by atoms with E-state index in [4.69, 9.17) is 4.42 Å². The van der Waals surface area contributed by atoms with Crippen LogP contribution in [0.1, 0.15) is 48.0 Å².